The summed E-state index contributed by atoms with van der Waals surface area (Å²) in [6, 6.07) is 5.13. The highest BCUT2D eigenvalue weighted by atomic mass is 16.2. The third kappa shape index (κ3) is 2.06. The molecule has 1 aliphatic heterocycles. The maximum Gasteiger partial charge on any atom is 0.329 e. The van der Waals surface area contributed by atoms with Crippen LogP contribution in [0.3, 0.4) is 0 Å². The molecule has 1 aliphatic rings. The van der Waals surface area contributed by atoms with E-state index in [9.17, 15) is 14.4 Å². The lowest BCUT2D eigenvalue weighted by Gasteiger charge is -2.22. The van der Waals surface area contributed by atoms with Gasteiger partial charge in [0.2, 0.25) is 11.8 Å². The van der Waals surface area contributed by atoms with E-state index in [0.29, 0.717) is 6.42 Å². The van der Waals surface area contributed by atoms with E-state index < -0.39 is 11.9 Å². The lowest BCUT2D eigenvalue weighted by atomic mass is 10.0. The molecule has 22 heavy (non-hydrogen) atoms. The third-order valence-corrected chi connectivity index (χ3v) is 4.28. The maximum absolute atomic E-state index is 12.7. The molecule has 116 valence electrons. The van der Waals surface area contributed by atoms with E-state index in [-0.39, 0.29) is 23.9 Å². The van der Waals surface area contributed by atoms with Crippen LogP contribution in [0.25, 0.3) is 11.0 Å². The summed E-state index contributed by atoms with van der Waals surface area (Å²) in [5.74, 6) is -0.412. The third-order valence-electron chi connectivity index (χ3n) is 4.28. The predicted molar refractivity (Wildman–Crippen MR) is 82.7 cm³/mol. The first-order valence-corrected chi connectivity index (χ1v) is 7.45. The molecular formula is C16H19N3O3. The molecule has 3 rings (SSSR count). The van der Waals surface area contributed by atoms with Gasteiger partial charge in [0.25, 0.3) is 0 Å². The molecule has 1 fully saturated rings. The van der Waals surface area contributed by atoms with Crippen LogP contribution in [0, 0.1) is 0 Å². The van der Waals surface area contributed by atoms with Gasteiger partial charge in [0.15, 0.2) is 0 Å². The Hall–Kier alpha value is -2.37. The molecule has 0 spiro atoms. The van der Waals surface area contributed by atoms with Gasteiger partial charge >= 0.3 is 5.69 Å². The number of imide groups is 1. The number of hydrogen-bond donors (Lipinski definition) is 1. The van der Waals surface area contributed by atoms with Crippen molar-refractivity contribution < 1.29 is 9.59 Å². The van der Waals surface area contributed by atoms with Crippen LogP contribution < -0.4 is 11.0 Å². The zero-order chi connectivity index (χ0) is 16.0. The minimum Gasteiger partial charge on any atom is -0.295 e. The number of aryl methyl sites for hydroxylation is 1. The molecule has 2 amide bonds. The number of nitrogens with zero attached hydrogens (tertiary/aromatic N) is 2. The maximum atomic E-state index is 12.7. The zero-order valence-electron chi connectivity index (χ0n) is 12.9. The van der Waals surface area contributed by atoms with Gasteiger partial charge in [0.1, 0.15) is 6.04 Å². The van der Waals surface area contributed by atoms with Gasteiger partial charge in [-0.1, -0.05) is 26.0 Å². The van der Waals surface area contributed by atoms with Crippen molar-refractivity contribution in [2.24, 2.45) is 7.05 Å². The van der Waals surface area contributed by atoms with Crippen molar-refractivity contribution in [1.29, 1.82) is 0 Å². The molecule has 2 aromatic rings. The van der Waals surface area contributed by atoms with Crippen molar-refractivity contribution in [2.75, 3.05) is 0 Å². The average Bonchev–Trinajstić information content (AvgIpc) is 2.72. The molecular weight excluding hydrogens is 282 g/mol. The molecule has 0 radical (unpaired) electrons. The molecule has 6 nitrogen and oxygen atoms in total. The second-order valence-corrected chi connectivity index (χ2v) is 6.05. The Kier molecular flexibility index (Phi) is 3.39. The van der Waals surface area contributed by atoms with E-state index in [1.165, 1.54) is 4.57 Å². The van der Waals surface area contributed by atoms with Crippen LogP contribution in [0.1, 0.15) is 44.2 Å². The molecule has 0 bridgehead atoms. The van der Waals surface area contributed by atoms with Gasteiger partial charge < -0.3 is 0 Å². The van der Waals surface area contributed by atoms with E-state index in [1.807, 2.05) is 18.2 Å². The minimum atomic E-state index is -0.628. The van der Waals surface area contributed by atoms with E-state index in [4.69, 9.17) is 0 Å². The highest BCUT2D eigenvalue weighted by Gasteiger charge is 2.31. The van der Waals surface area contributed by atoms with Gasteiger partial charge in [-0.25, -0.2) is 4.79 Å². The number of carbonyl (C=O) groups excluding carboxylic acids is 2. The Bertz CT molecular complexity index is 829. The van der Waals surface area contributed by atoms with Gasteiger partial charge in [-0.15, -0.1) is 0 Å². The van der Waals surface area contributed by atoms with Crippen LogP contribution in [-0.2, 0) is 16.6 Å². The molecule has 0 saturated carbocycles. The standard InChI is InChI=1S/C16H19N3O3/c1-9(2)10-5-4-6-11-14(10)18(3)16(22)19(11)12-7-8-13(20)17-15(12)21/h4-6,9,12H,7-8H2,1-3H3,(H,17,20,21)/t12-/m0/s1. The van der Waals surface area contributed by atoms with Crippen molar-refractivity contribution in [3.05, 3.63) is 34.2 Å². The number of piperidine rings is 1. The summed E-state index contributed by atoms with van der Waals surface area (Å²) in [4.78, 5) is 36.1. The average molecular weight is 301 g/mol. The number of fused-ring (bicyclic) bond motifs is 1. The van der Waals surface area contributed by atoms with Gasteiger partial charge in [-0.3, -0.25) is 24.0 Å². The Labute approximate surface area is 127 Å². The summed E-state index contributed by atoms with van der Waals surface area (Å²) in [5.41, 5.74) is 2.45. The number of aromatic nitrogens is 2. The SMILES string of the molecule is CC(C)c1cccc2c1n(C)c(=O)n2[C@H]1CCC(=O)NC1=O. The largest absolute Gasteiger partial charge is 0.329 e. The molecule has 1 aromatic heterocycles. The van der Waals surface area contributed by atoms with Crippen LogP contribution in [-0.4, -0.2) is 20.9 Å². The number of carbonyl (C=O) groups is 2. The normalized spacial score (nSPS) is 19.0. The first kappa shape index (κ1) is 14.6. The lowest BCUT2D eigenvalue weighted by molar-refractivity contribution is -0.135. The zero-order valence-corrected chi connectivity index (χ0v) is 12.9. The number of benzene rings is 1. The van der Waals surface area contributed by atoms with E-state index in [0.717, 1.165) is 16.6 Å². The number of imidazole rings is 1. The number of rotatable bonds is 2. The summed E-state index contributed by atoms with van der Waals surface area (Å²) in [5, 5.41) is 2.32. The molecule has 6 heteroatoms. The smallest absolute Gasteiger partial charge is 0.295 e. The highest BCUT2D eigenvalue weighted by molar-refractivity contribution is 6.00. The molecule has 0 unspecified atom stereocenters. The van der Waals surface area contributed by atoms with Crippen molar-refractivity contribution in [2.45, 2.75) is 38.6 Å². The molecule has 1 aromatic carbocycles. The van der Waals surface area contributed by atoms with Crippen LogP contribution in [0.5, 0.6) is 0 Å². The monoisotopic (exact) mass is 301 g/mol. The van der Waals surface area contributed by atoms with Gasteiger partial charge in [0.05, 0.1) is 11.0 Å². The van der Waals surface area contributed by atoms with E-state index in [1.54, 1.807) is 11.6 Å². The van der Waals surface area contributed by atoms with Gasteiger partial charge in [-0.05, 0) is 24.0 Å². The molecule has 1 atom stereocenters. The van der Waals surface area contributed by atoms with Crippen molar-refractivity contribution in [3.8, 4) is 0 Å². The van der Waals surface area contributed by atoms with Crippen LogP contribution in [0.15, 0.2) is 23.0 Å². The van der Waals surface area contributed by atoms with Gasteiger partial charge in [0, 0.05) is 13.5 Å². The van der Waals surface area contributed by atoms with Gasteiger partial charge in [-0.2, -0.15) is 0 Å². The van der Waals surface area contributed by atoms with E-state index in [2.05, 4.69) is 19.2 Å². The van der Waals surface area contributed by atoms with E-state index >= 15 is 0 Å². The summed E-state index contributed by atoms with van der Waals surface area (Å²) < 4.78 is 3.11. The molecule has 2 heterocycles. The predicted octanol–water partition coefficient (Wildman–Crippen LogP) is 1.44. The fourth-order valence-corrected chi connectivity index (χ4v) is 3.16. The summed E-state index contributed by atoms with van der Waals surface area (Å²) in [7, 11) is 1.72. The first-order chi connectivity index (χ1) is 10.4. The Morgan fingerprint density at radius 2 is 1.95 bits per heavy atom. The topological polar surface area (TPSA) is 73.1 Å². The fraction of sp³-hybridized carbons (Fsp3) is 0.438. The Morgan fingerprint density at radius 1 is 1.23 bits per heavy atom. The quantitative estimate of drug-likeness (QED) is 0.853. The minimum absolute atomic E-state index is 0.224. The second kappa shape index (κ2) is 5.12. The molecule has 1 saturated heterocycles. The number of para-hydroxylation sites is 1. The van der Waals surface area contributed by atoms with Crippen LogP contribution >= 0.6 is 0 Å². The number of nitrogens with one attached hydrogen (secondary N) is 1. The summed E-state index contributed by atoms with van der Waals surface area (Å²) >= 11 is 0. The Balaban J connectivity index is 2.25. The van der Waals surface area contributed by atoms with Crippen molar-refractivity contribution in [3.63, 3.8) is 0 Å². The van der Waals surface area contributed by atoms with Crippen LogP contribution in [0.2, 0.25) is 0 Å². The van der Waals surface area contributed by atoms with Crippen molar-refractivity contribution in [1.82, 2.24) is 14.5 Å². The Morgan fingerprint density at radius 3 is 2.59 bits per heavy atom. The first-order valence-electron chi connectivity index (χ1n) is 7.45. The highest BCUT2D eigenvalue weighted by Crippen LogP contribution is 2.28. The molecule has 1 N–H and O–H groups in total. The molecule has 0 aliphatic carbocycles. The second-order valence-electron chi connectivity index (χ2n) is 6.05. The summed E-state index contributed by atoms with van der Waals surface area (Å²) in [6.45, 7) is 4.14. The number of hydrogen-bond acceptors (Lipinski definition) is 3. The lowest BCUT2D eigenvalue weighted by Crippen LogP contribution is -2.44. The fourth-order valence-electron chi connectivity index (χ4n) is 3.16. The van der Waals surface area contributed by atoms with Crippen LogP contribution in [0.4, 0.5) is 0 Å². The van der Waals surface area contributed by atoms with Crippen molar-refractivity contribution >= 4 is 22.8 Å². The number of amides is 2. The summed E-state index contributed by atoms with van der Waals surface area (Å²) in [6.07, 6.45) is 0.610.